The van der Waals surface area contributed by atoms with Crippen LogP contribution < -0.4 is 4.74 Å². The molecule has 1 aliphatic rings. The standard InChI is InChI=1S/C14H17F3O/c1-13(2,3)9-4-7-11(14(15,16)17)12(8-9)18-10-5-6-10/h4,7-8,10H,5-6H2,1-3H3. The van der Waals surface area contributed by atoms with Crippen LogP contribution >= 0.6 is 0 Å². The summed E-state index contributed by atoms with van der Waals surface area (Å²) in [5.74, 6) is -0.0302. The average Bonchev–Trinajstić information content (AvgIpc) is 2.98. The van der Waals surface area contributed by atoms with Gasteiger partial charge in [0.2, 0.25) is 0 Å². The van der Waals surface area contributed by atoms with E-state index >= 15 is 0 Å². The smallest absolute Gasteiger partial charge is 0.419 e. The van der Waals surface area contributed by atoms with Crippen molar-refractivity contribution in [3.8, 4) is 5.75 Å². The topological polar surface area (TPSA) is 9.23 Å². The fourth-order valence-corrected chi connectivity index (χ4v) is 1.69. The van der Waals surface area contributed by atoms with Gasteiger partial charge in [0.15, 0.2) is 0 Å². The van der Waals surface area contributed by atoms with Gasteiger partial charge in [-0.3, -0.25) is 0 Å². The van der Waals surface area contributed by atoms with Crippen molar-refractivity contribution in [1.82, 2.24) is 0 Å². The summed E-state index contributed by atoms with van der Waals surface area (Å²) in [5.41, 5.74) is -0.0141. The zero-order valence-corrected chi connectivity index (χ0v) is 10.8. The molecule has 1 saturated carbocycles. The highest BCUT2D eigenvalue weighted by atomic mass is 19.4. The second kappa shape index (κ2) is 4.18. The van der Waals surface area contributed by atoms with E-state index in [0.717, 1.165) is 24.5 Å². The number of ether oxygens (including phenoxy) is 1. The molecule has 0 spiro atoms. The van der Waals surface area contributed by atoms with Crippen molar-refractivity contribution in [1.29, 1.82) is 0 Å². The predicted octanol–water partition coefficient (Wildman–Crippen LogP) is 4.54. The van der Waals surface area contributed by atoms with Crippen molar-refractivity contribution in [2.45, 2.75) is 51.3 Å². The Morgan fingerprint density at radius 1 is 1.11 bits per heavy atom. The van der Waals surface area contributed by atoms with Gasteiger partial charge < -0.3 is 4.74 Å². The van der Waals surface area contributed by atoms with E-state index in [-0.39, 0.29) is 17.3 Å². The summed E-state index contributed by atoms with van der Waals surface area (Å²) in [7, 11) is 0. The van der Waals surface area contributed by atoms with Crippen LogP contribution in [0.3, 0.4) is 0 Å². The van der Waals surface area contributed by atoms with Gasteiger partial charge >= 0.3 is 6.18 Å². The van der Waals surface area contributed by atoms with Crippen LogP contribution in [0, 0.1) is 0 Å². The SMILES string of the molecule is CC(C)(C)c1ccc(C(F)(F)F)c(OC2CC2)c1. The van der Waals surface area contributed by atoms with Gasteiger partial charge in [-0.1, -0.05) is 26.8 Å². The maximum atomic E-state index is 12.9. The van der Waals surface area contributed by atoms with Crippen molar-refractivity contribution < 1.29 is 17.9 Å². The van der Waals surface area contributed by atoms with Crippen LogP contribution in [0.5, 0.6) is 5.75 Å². The first-order valence-corrected chi connectivity index (χ1v) is 6.06. The Morgan fingerprint density at radius 2 is 1.72 bits per heavy atom. The van der Waals surface area contributed by atoms with Crippen LogP contribution in [0.15, 0.2) is 18.2 Å². The first kappa shape index (κ1) is 13.2. The van der Waals surface area contributed by atoms with Gasteiger partial charge in [0.05, 0.1) is 11.7 Å². The van der Waals surface area contributed by atoms with Crippen LogP contribution in [-0.2, 0) is 11.6 Å². The summed E-state index contributed by atoms with van der Waals surface area (Å²) < 4.78 is 44.0. The van der Waals surface area contributed by atoms with E-state index in [1.165, 1.54) is 12.1 Å². The van der Waals surface area contributed by atoms with Gasteiger partial charge in [0.1, 0.15) is 5.75 Å². The molecular weight excluding hydrogens is 241 g/mol. The van der Waals surface area contributed by atoms with Crippen molar-refractivity contribution >= 4 is 0 Å². The molecule has 0 unspecified atom stereocenters. The van der Waals surface area contributed by atoms with Crippen LogP contribution in [-0.4, -0.2) is 6.10 Å². The second-order valence-corrected chi connectivity index (χ2v) is 5.78. The molecule has 0 amide bonds. The predicted molar refractivity (Wildman–Crippen MR) is 63.8 cm³/mol. The lowest BCUT2D eigenvalue weighted by Crippen LogP contribution is -2.15. The van der Waals surface area contributed by atoms with Crippen molar-refractivity contribution in [2.24, 2.45) is 0 Å². The summed E-state index contributed by atoms with van der Waals surface area (Å²) in [5, 5.41) is 0. The molecule has 0 aliphatic heterocycles. The molecule has 0 N–H and O–H groups in total. The van der Waals surface area contributed by atoms with E-state index in [0.29, 0.717) is 0 Å². The molecule has 0 atom stereocenters. The van der Waals surface area contributed by atoms with Gasteiger partial charge in [-0.25, -0.2) is 0 Å². The Bertz CT molecular complexity index is 439. The molecule has 0 aromatic heterocycles. The Balaban J connectivity index is 2.41. The lowest BCUT2D eigenvalue weighted by Gasteiger charge is -2.22. The molecule has 0 heterocycles. The minimum absolute atomic E-state index is 0.0302. The monoisotopic (exact) mass is 258 g/mol. The van der Waals surface area contributed by atoms with Gasteiger partial charge in [-0.2, -0.15) is 13.2 Å². The summed E-state index contributed by atoms with van der Waals surface area (Å²) in [6, 6.07) is 4.18. The van der Waals surface area contributed by atoms with Crippen LogP contribution in [0.1, 0.15) is 44.7 Å². The summed E-state index contributed by atoms with van der Waals surface area (Å²) in [6.45, 7) is 5.91. The molecule has 1 fully saturated rings. The highest BCUT2D eigenvalue weighted by molar-refractivity contribution is 5.42. The minimum Gasteiger partial charge on any atom is -0.490 e. The van der Waals surface area contributed by atoms with Crippen LogP contribution in [0.2, 0.25) is 0 Å². The van der Waals surface area contributed by atoms with E-state index in [4.69, 9.17) is 4.74 Å². The molecule has 4 heteroatoms. The van der Waals surface area contributed by atoms with Crippen molar-refractivity contribution in [3.05, 3.63) is 29.3 Å². The molecule has 1 aromatic carbocycles. The Kier molecular flexibility index (Phi) is 3.07. The molecule has 0 saturated heterocycles. The lowest BCUT2D eigenvalue weighted by atomic mass is 9.86. The molecule has 0 radical (unpaired) electrons. The third kappa shape index (κ3) is 2.98. The van der Waals surface area contributed by atoms with E-state index in [1.807, 2.05) is 20.8 Å². The first-order chi connectivity index (χ1) is 8.18. The quantitative estimate of drug-likeness (QED) is 0.756. The van der Waals surface area contributed by atoms with E-state index < -0.39 is 11.7 Å². The molecule has 100 valence electrons. The lowest BCUT2D eigenvalue weighted by molar-refractivity contribution is -0.139. The number of alkyl halides is 3. The highest BCUT2D eigenvalue weighted by Crippen LogP contribution is 2.40. The van der Waals surface area contributed by atoms with Gasteiger partial charge in [0, 0.05) is 0 Å². The molecule has 1 nitrogen and oxygen atoms in total. The fraction of sp³-hybridized carbons (Fsp3) is 0.571. The number of hydrogen-bond acceptors (Lipinski definition) is 1. The largest absolute Gasteiger partial charge is 0.490 e. The Morgan fingerprint density at radius 3 is 2.17 bits per heavy atom. The van der Waals surface area contributed by atoms with Gasteiger partial charge in [0.25, 0.3) is 0 Å². The molecule has 18 heavy (non-hydrogen) atoms. The maximum Gasteiger partial charge on any atom is 0.419 e. The molecular formula is C14H17F3O. The zero-order chi connectivity index (χ0) is 13.6. The Hall–Kier alpha value is -1.19. The normalized spacial score (nSPS) is 16.8. The average molecular weight is 258 g/mol. The van der Waals surface area contributed by atoms with E-state index in [9.17, 15) is 13.2 Å². The fourth-order valence-electron chi connectivity index (χ4n) is 1.69. The van der Waals surface area contributed by atoms with Crippen molar-refractivity contribution in [3.63, 3.8) is 0 Å². The molecule has 1 aromatic rings. The number of halogens is 3. The van der Waals surface area contributed by atoms with Crippen LogP contribution in [0.25, 0.3) is 0 Å². The molecule has 2 rings (SSSR count). The number of rotatable bonds is 2. The maximum absolute atomic E-state index is 12.9. The first-order valence-electron chi connectivity index (χ1n) is 6.06. The summed E-state index contributed by atoms with van der Waals surface area (Å²) in [4.78, 5) is 0. The molecule has 1 aliphatic carbocycles. The summed E-state index contributed by atoms with van der Waals surface area (Å²) >= 11 is 0. The zero-order valence-electron chi connectivity index (χ0n) is 10.8. The van der Waals surface area contributed by atoms with E-state index in [1.54, 1.807) is 0 Å². The number of hydrogen-bond donors (Lipinski definition) is 0. The number of benzene rings is 1. The summed E-state index contributed by atoms with van der Waals surface area (Å²) in [6.07, 6.45) is -2.71. The minimum atomic E-state index is -4.36. The van der Waals surface area contributed by atoms with Gasteiger partial charge in [-0.05, 0) is 36.0 Å². The Labute approximate surface area is 105 Å². The van der Waals surface area contributed by atoms with Crippen LogP contribution in [0.4, 0.5) is 13.2 Å². The highest BCUT2D eigenvalue weighted by Gasteiger charge is 2.36. The second-order valence-electron chi connectivity index (χ2n) is 5.78. The van der Waals surface area contributed by atoms with E-state index in [2.05, 4.69) is 0 Å². The van der Waals surface area contributed by atoms with Gasteiger partial charge in [-0.15, -0.1) is 0 Å². The third-order valence-corrected chi connectivity index (χ3v) is 2.97. The molecule has 0 bridgehead atoms. The van der Waals surface area contributed by atoms with Crippen molar-refractivity contribution in [2.75, 3.05) is 0 Å². The third-order valence-electron chi connectivity index (χ3n) is 2.97.